The van der Waals surface area contributed by atoms with Gasteiger partial charge in [0.25, 0.3) is 0 Å². The number of carbonyl (C=O) groups is 2. The van der Waals surface area contributed by atoms with Gasteiger partial charge < -0.3 is 9.88 Å². The maximum Gasteiger partial charge on any atom is 0.221 e. The zero-order valence-electron chi connectivity index (χ0n) is 16.3. The van der Waals surface area contributed by atoms with Gasteiger partial charge in [0.15, 0.2) is 10.9 Å². The molecule has 2 aromatic rings. The monoisotopic (exact) mass is 373 g/mol. The number of aromatic nitrogens is 2. The van der Waals surface area contributed by atoms with Crippen molar-refractivity contribution in [1.82, 2.24) is 9.55 Å². The molecule has 1 aromatic heterocycles. The van der Waals surface area contributed by atoms with Crippen LogP contribution in [0.2, 0.25) is 0 Å². The molecule has 5 nitrogen and oxygen atoms in total. The van der Waals surface area contributed by atoms with Crippen LogP contribution in [0.1, 0.15) is 49.4 Å². The number of hydrogen-bond donors (Lipinski definition) is 1. The number of hydrogen-bond acceptors (Lipinski definition) is 4. The fourth-order valence-corrected chi connectivity index (χ4v) is 3.75. The van der Waals surface area contributed by atoms with Gasteiger partial charge in [-0.1, -0.05) is 25.6 Å². The van der Waals surface area contributed by atoms with E-state index in [0.717, 1.165) is 23.1 Å². The lowest BCUT2D eigenvalue weighted by molar-refractivity contribution is -0.114. The summed E-state index contributed by atoms with van der Waals surface area (Å²) in [5.74, 6) is 0.434. The highest BCUT2D eigenvalue weighted by Crippen LogP contribution is 2.28. The van der Waals surface area contributed by atoms with Crippen LogP contribution < -0.4 is 5.32 Å². The fourth-order valence-electron chi connectivity index (χ4n) is 2.66. The Balaban J connectivity index is 2.14. The van der Waals surface area contributed by atoms with Gasteiger partial charge in [0, 0.05) is 30.4 Å². The van der Waals surface area contributed by atoms with Crippen LogP contribution in [-0.2, 0) is 11.3 Å². The average molecular weight is 374 g/mol. The molecule has 140 valence electrons. The van der Waals surface area contributed by atoms with Crippen molar-refractivity contribution >= 4 is 29.1 Å². The summed E-state index contributed by atoms with van der Waals surface area (Å²) in [7, 11) is 0. The summed E-state index contributed by atoms with van der Waals surface area (Å²) < 4.78 is 2.20. The Morgan fingerprint density at radius 1 is 1.15 bits per heavy atom. The number of nitrogens with zero attached hydrogens (tertiary/aromatic N) is 2. The molecule has 1 amide bonds. The van der Waals surface area contributed by atoms with E-state index in [9.17, 15) is 9.59 Å². The predicted octanol–water partition coefficient (Wildman–Crippen LogP) is 4.48. The number of carbonyl (C=O) groups excluding carboxylic acids is 2. The number of nitrogens with one attached hydrogen (secondary N) is 1. The third-order valence-electron chi connectivity index (χ3n) is 4.11. The standard InChI is InChI=1S/C20H27N3O2S/c1-12(2)11-23-14(4)13(3)21-20(23)26-15(5)19(25)17-7-9-18(10-8-17)22-16(6)24/h7-10,12,15H,11H2,1-6H3,(H,22,24)/t15-/m1/s1. The molecule has 0 aliphatic carbocycles. The third kappa shape index (κ3) is 4.97. The summed E-state index contributed by atoms with van der Waals surface area (Å²) in [4.78, 5) is 28.5. The van der Waals surface area contributed by atoms with E-state index in [1.165, 1.54) is 18.7 Å². The normalized spacial score (nSPS) is 12.3. The zero-order valence-corrected chi connectivity index (χ0v) is 17.1. The molecule has 1 atom stereocenters. The topological polar surface area (TPSA) is 64.0 Å². The molecule has 1 heterocycles. The van der Waals surface area contributed by atoms with Crippen LogP contribution in [0, 0.1) is 19.8 Å². The molecule has 0 fully saturated rings. The lowest BCUT2D eigenvalue weighted by Crippen LogP contribution is -2.16. The van der Waals surface area contributed by atoms with Crippen LogP contribution in [0.25, 0.3) is 0 Å². The second-order valence-corrected chi connectivity index (χ2v) is 8.26. The molecule has 2 rings (SSSR count). The van der Waals surface area contributed by atoms with E-state index in [-0.39, 0.29) is 16.9 Å². The molecule has 0 aliphatic heterocycles. The van der Waals surface area contributed by atoms with E-state index in [1.807, 2.05) is 13.8 Å². The number of thioether (sulfide) groups is 1. The Labute approximate surface area is 159 Å². The van der Waals surface area contributed by atoms with Gasteiger partial charge in [-0.3, -0.25) is 9.59 Å². The first-order valence-corrected chi connectivity index (χ1v) is 9.69. The summed E-state index contributed by atoms with van der Waals surface area (Å²) >= 11 is 1.50. The van der Waals surface area contributed by atoms with Crippen molar-refractivity contribution in [3.63, 3.8) is 0 Å². The van der Waals surface area contributed by atoms with E-state index in [0.29, 0.717) is 17.2 Å². The van der Waals surface area contributed by atoms with Gasteiger partial charge in [0.2, 0.25) is 5.91 Å². The van der Waals surface area contributed by atoms with E-state index < -0.39 is 0 Å². The van der Waals surface area contributed by atoms with Crippen LogP contribution in [0.5, 0.6) is 0 Å². The molecule has 0 saturated carbocycles. The predicted molar refractivity (Wildman–Crippen MR) is 107 cm³/mol. The first kappa shape index (κ1) is 20.2. The van der Waals surface area contributed by atoms with Gasteiger partial charge in [-0.05, 0) is 51.0 Å². The summed E-state index contributed by atoms with van der Waals surface area (Å²) in [6, 6.07) is 7.00. The summed E-state index contributed by atoms with van der Waals surface area (Å²) in [5, 5.41) is 3.36. The molecular weight excluding hydrogens is 346 g/mol. The fraction of sp³-hybridized carbons (Fsp3) is 0.450. The Bertz CT molecular complexity index is 794. The van der Waals surface area contributed by atoms with Crippen LogP contribution in [-0.4, -0.2) is 26.5 Å². The second-order valence-electron chi connectivity index (χ2n) is 6.95. The number of amides is 1. The Morgan fingerprint density at radius 2 is 1.77 bits per heavy atom. The summed E-state index contributed by atoms with van der Waals surface area (Å²) in [5.41, 5.74) is 3.48. The van der Waals surface area contributed by atoms with Gasteiger partial charge in [-0.25, -0.2) is 4.98 Å². The van der Waals surface area contributed by atoms with Gasteiger partial charge in [0.1, 0.15) is 0 Å². The molecule has 0 unspecified atom stereocenters. The third-order valence-corrected chi connectivity index (χ3v) is 5.20. The lowest BCUT2D eigenvalue weighted by atomic mass is 10.1. The van der Waals surface area contributed by atoms with Crippen molar-refractivity contribution < 1.29 is 9.59 Å². The zero-order chi connectivity index (χ0) is 19.4. The molecule has 0 saturated heterocycles. The van der Waals surface area contributed by atoms with Crippen molar-refractivity contribution in [2.75, 3.05) is 5.32 Å². The molecule has 26 heavy (non-hydrogen) atoms. The number of ketones is 1. The molecule has 1 N–H and O–H groups in total. The minimum atomic E-state index is -0.242. The van der Waals surface area contributed by atoms with Gasteiger partial charge in [-0.2, -0.15) is 0 Å². The lowest BCUT2D eigenvalue weighted by Gasteiger charge is -2.15. The van der Waals surface area contributed by atoms with Crippen LogP contribution in [0.15, 0.2) is 29.4 Å². The highest BCUT2D eigenvalue weighted by atomic mass is 32.2. The number of rotatable bonds is 7. The Morgan fingerprint density at radius 3 is 2.31 bits per heavy atom. The van der Waals surface area contributed by atoms with E-state index in [4.69, 9.17) is 0 Å². The highest BCUT2D eigenvalue weighted by Gasteiger charge is 2.21. The number of anilines is 1. The van der Waals surface area contributed by atoms with E-state index >= 15 is 0 Å². The summed E-state index contributed by atoms with van der Waals surface area (Å²) in [6.45, 7) is 12.7. The molecular formula is C20H27N3O2S. The molecule has 0 radical (unpaired) electrons. The first-order valence-electron chi connectivity index (χ1n) is 8.81. The molecule has 0 bridgehead atoms. The number of benzene rings is 1. The molecule has 1 aromatic carbocycles. The van der Waals surface area contributed by atoms with Crippen molar-refractivity contribution in [2.45, 2.75) is 58.5 Å². The van der Waals surface area contributed by atoms with Crippen molar-refractivity contribution in [1.29, 1.82) is 0 Å². The van der Waals surface area contributed by atoms with Crippen molar-refractivity contribution in [2.24, 2.45) is 5.92 Å². The second kappa shape index (κ2) is 8.54. The van der Waals surface area contributed by atoms with Gasteiger partial charge in [0.05, 0.1) is 10.9 Å². The van der Waals surface area contributed by atoms with E-state index in [1.54, 1.807) is 24.3 Å². The molecule has 0 spiro atoms. The first-order chi connectivity index (χ1) is 12.2. The largest absolute Gasteiger partial charge is 0.326 e. The average Bonchev–Trinajstić information content (AvgIpc) is 2.81. The highest BCUT2D eigenvalue weighted by molar-refractivity contribution is 8.00. The number of Topliss-reactive ketones (excluding diaryl/α,β-unsaturated/α-hetero) is 1. The maximum absolute atomic E-state index is 12.8. The summed E-state index contributed by atoms with van der Waals surface area (Å²) in [6.07, 6.45) is 0. The minimum absolute atomic E-state index is 0.0544. The van der Waals surface area contributed by atoms with Crippen molar-refractivity contribution in [3.05, 3.63) is 41.2 Å². The number of imidazole rings is 1. The maximum atomic E-state index is 12.8. The van der Waals surface area contributed by atoms with Crippen LogP contribution in [0.4, 0.5) is 5.69 Å². The van der Waals surface area contributed by atoms with Gasteiger partial charge in [-0.15, -0.1) is 0 Å². The SMILES string of the molecule is CC(=O)Nc1ccc(C(=O)[C@@H](C)Sc2nc(C)c(C)n2CC(C)C)cc1. The minimum Gasteiger partial charge on any atom is -0.326 e. The van der Waals surface area contributed by atoms with Crippen molar-refractivity contribution in [3.8, 4) is 0 Å². The number of aryl methyl sites for hydroxylation is 1. The van der Waals surface area contributed by atoms with Crippen LogP contribution in [0.3, 0.4) is 0 Å². The Hall–Kier alpha value is -2.08. The van der Waals surface area contributed by atoms with E-state index in [2.05, 4.69) is 35.6 Å². The Kier molecular flexibility index (Phi) is 6.64. The quantitative estimate of drug-likeness (QED) is 0.574. The molecule has 6 heteroatoms. The smallest absolute Gasteiger partial charge is 0.221 e. The molecule has 0 aliphatic rings. The van der Waals surface area contributed by atoms with Crippen LogP contribution >= 0.6 is 11.8 Å². The van der Waals surface area contributed by atoms with Gasteiger partial charge >= 0.3 is 0 Å².